The van der Waals surface area contributed by atoms with Crippen molar-refractivity contribution in [2.24, 2.45) is 0 Å². The van der Waals surface area contributed by atoms with Gasteiger partial charge in [0.15, 0.2) is 0 Å². The Bertz CT molecular complexity index is 531. The average molecular weight is 294 g/mol. The highest BCUT2D eigenvalue weighted by Gasteiger charge is 2.21. The molecule has 0 saturated heterocycles. The molecule has 3 heteroatoms. The number of hydrogen-bond acceptors (Lipinski definition) is 3. The highest BCUT2D eigenvalue weighted by atomic mass is 32.1. The first-order valence-electron chi connectivity index (χ1n) is 6.81. The third kappa shape index (κ3) is 3.47. The van der Waals surface area contributed by atoms with Crippen molar-refractivity contribution in [3.63, 3.8) is 0 Å². The van der Waals surface area contributed by atoms with E-state index in [9.17, 15) is 0 Å². The largest absolute Gasteiger partial charge is 0.305 e. The first kappa shape index (κ1) is 14.8. The SMILES string of the molecule is CCNC(c1ccc(C)s1)c1ccc(C(C)(C)C)s1. The van der Waals surface area contributed by atoms with E-state index < -0.39 is 0 Å². The van der Waals surface area contributed by atoms with Gasteiger partial charge < -0.3 is 5.32 Å². The van der Waals surface area contributed by atoms with Crippen LogP contribution >= 0.6 is 22.7 Å². The summed E-state index contributed by atoms with van der Waals surface area (Å²) in [6.07, 6.45) is 0. The van der Waals surface area contributed by atoms with Crippen molar-refractivity contribution in [1.29, 1.82) is 0 Å². The molecule has 104 valence electrons. The normalized spacial score (nSPS) is 13.7. The zero-order valence-corrected chi connectivity index (χ0v) is 14.0. The molecule has 19 heavy (non-hydrogen) atoms. The van der Waals surface area contributed by atoms with Crippen LogP contribution in [-0.4, -0.2) is 6.54 Å². The minimum absolute atomic E-state index is 0.241. The number of thiophene rings is 2. The Morgan fingerprint density at radius 2 is 1.68 bits per heavy atom. The highest BCUT2D eigenvalue weighted by Crippen LogP contribution is 2.36. The predicted octanol–water partition coefficient (Wildman–Crippen LogP) is 5.11. The third-order valence-corrected chi connectivity index (χ3v) is 5.75. The van der Waals surface area contributed by atoms with Gasteiger partial charge in [0.25, 0.3) is 0 Å². The molecule has 1 atom stereocenters. The van der Waals surface area contributed by atoms with Crippen LogP contribution in [0.1, 0.15) is 53.2 Å². The second-order valence-corrected chi connectivity index (χ2v) is 8.33. The van der Waals surface area contributed by atoms with Crippen molar-refractivity contribution in [2.75, 3.05) is 6.54 Å². The molecule has 0 spiro atoms. The van der Waals surface area contributed by atoms with Gasteiger partial charge in [0, 0.05) is 19.5 Å². The summed E-state index contributed by atoms with van der Waals surface area (Å²) in [5.74, 6) is 0. The Morgan fingerprint density at radius 3 is 2.16 bits per heavy atom. The van der Waals surface area contributed by atoms with Gasteiger partial charge in [-0.1, -0.05) is 27.7 Å². The molecule has 2 heterocycles. The zero-order chi connectivity index (χ0) is 14.0. The monoisotopic (exact) mass is 293 g/mol. The molecule has 0 aliphatic rings. The van der Waals surface area contributed by atoms with Crippen LogP contribution in [-0.2, 0) is 5.41 Å². The molecule has 1 N–H and O–H groups in total. The van der Waals surface area contributed by atoms with E-state index in [1.54, 1.807) is 0 Å². The first-order valence-corrected chi connectivity index (χ1v) is 8.45. The number of hydrogen-bond donors (Lipinski definition) is 1. The van der Waals surface area contributed by atoms with E-state index in [0.29, 0.717) is 6.04 Å². The van der Waals surface area contributed by atoms with E-state index in [1.165, 1.54) is 19.5 Å². The molecular weight excluding hydrogens is 270 g/mol. The quantitative estimate of drug-likeness (QED) is 0.825. The lowest BCUT2D eigenvalue weighted by molar-refractivity contribution is 0.604. The Hall–Kier alpha value is -0.640. The Labute approximate surface area is 124 Å². The van der Waals surface area contributed by atoms with Crippen LogP contribution in [0.4, 0.5) is 0 Å². The van der Waals surface area contributed by atoms with Gasteiger partial charge in [-0.15, -0.1) is 22.7 Å². The summed E-state index contributed by atoms with van der Waals surface area (Å²) >= 11 is 3.83. The lowest BCUT2D eigenvalue weighted by Crippen LogP contribution is -2.20. The van der Waals surface area contributed by atoms with Gasteiger partial charge in [-0.25, -0.2) is 0 Å². The van der Waals surface area contributed by atoms with E-state index in [1.807, 2.05) is 22.7 Å². The summed E-state index contributed by atoms with van der Waals surface area (Å²) in [4.78, 5) is 5.68. The molecule has 0 saturated carbocycles. The Morgan fingerprint density at radius 1 is 1.05 bits per heavy atom. The summed E-state index contributed by atoms with van der Waals surface area (Å²) in [5.41, 5.74) is 0.241. The van der Waals surface area contributed by atoms with Gasteiger partial charge in [-0.3, -0.25) is 0 Å². The molecule has 2 aromatic rings. The molecule has 0 aliphatic carbocycles. The molecule has 2 aromatic heterocycles. The van der Waals surface area contributed by atoms with Crippen molar-refractivity contribution in [3.05, 3.63) is 43.8 Å². The van der Waals surface area contributed by atoms with Gasteiger partial charge >= 0.3 is 0 Å². The third-order valence-electron chi connectivity index (χ3n) is 3.10. The molecule has 0 aromatic carbocycles. The van der Waals surface area contributed by atoms with Crippen LogP contribution in [0.15, 0.2) is 24.3 Å². The first-order chi connectivity index (χ1) is 8.91. The molecule has 0 aliphatic heterocycles. The molecule has 0 fully saturated rings. The fraction of sp³-hybridized carbons (Fsp3) is 0.500. The van der Waals surface area contributed by atoms with Crippen molar-refractivity contribution in [3.8, 4) is 0 Å². The maximum absolute atomic E-state index is 3.61. The molecule has 1 unspecified atom stereocenters. The van der Waals surface area contributed by atoms with Gasteiger partial charge in [0.05, 0.1) is 6.04 Å². The predicted molar refractivity (Wildman–Crippen MR) is 87.6 cm³/mol. The number of aryl methyl sites for hydroxylation is 1. The summed E-state index contributed by atoms with van der Waals surface area (Å²) in [7, 11) is 0. The van der Waals surface area contributed by atoms with E-state index in [2.05, 4.69) is 64.2 Å². The van der Waals surface area contributed by atoms with Crippen LogP contribution in [0.25, 0.3) is 0 Å². The fourth-order valence-corrected chi connectivity index (χ4v) is 4.27. The van der Waals surface area contributed by atoms with Crippen molar-refractivity contribution < 1.29 is 0 Å². The van der Waals surface area contributed by atoms with E-state index in [0.717, 1.165) is 6.54 Å². The van der Waals surface area contributed by atoms with Crippen molar-refractivity contribution in [1.82, 2.24) is 5.32 Å². The molecule has 0 radical (unpaired) electrons. The highest BCUT2D eigenvalue weighted by molar-refractivity contribution is 7.13. The van der Waals surface area contributed by atoms with Crippen molar-refractivity contribution in [2.45, 2.75) is 46.1 Å². The molecule has 1 nitrogen and oxygen atoms in total. The Kier molecular flexibility index (Phi) is 4.49. The van der Waals surface area contributed by atoms with Gasteiger partial charge in [-0.05, 0) is 43.1 Å². The van der Waals surface area contributed by atoms with E-state index in [-0.39, 0.29) is 5.41 Å². The maximum atomic E-state index is 3.61. The standard InChI is InChI=1S/C16H23NS2/c1-6-17-15(12-8-7-11(2)18-12)13-9-10-14(19-13)16(3,4)5/h7-10,15,17H,6H2,1-5H3. The van der Waals surface area contributed by atoms with Gasteiger partial charge in [0.2, 0.25) is 0 Å². The fourth-order valence-electron chi connectivity index (χ4n) is 2.07. The van der Waals surface area contributed by atoms with Crippen LogP contribution in [0, 0.1) is 6.92 Å². The summed E-state index contributed by atoms with van der Waals surface area (Å²) < 4.78 is 0. The lowest BCUT2D eigenvalue weighted by Gasteiger charge is -2.17. The lowest BCUT2D eigenvalue weighted by atomic mass is 9.95. The maximum Gasteiger partial charge on any atom is 0.0765 e. The second kappa shape index (κ2) is 5.78. The average Bonchev–Trinajstić information content (AvgIpc) is 2.93. The van der Waals surface area contributed by atoms with Crippen LogP contribution in [0.5, 0.6) is 0 Å². The summed E-state index contributed by atoms with van der Waals surface area (Å²) in [5, 5.41) is 3.61. The topological polar surface area (TPSA) is 12.0 Å². The smallest absolute Gasteiger partial charge is 0.0765 e. The van der Waals surface area contributed by atoms with Crippen LogP contribution in [0.3, 0.4) is 0 Å². The van der Waals surface area contributed by atoms with E-state index >= 15 is 0 Å². The molecule has 0 amide bonds. The zero-order valence-electron chi connectivity index (χ0n) is 12.4. The Balaban J connectivity index is 2.32. The summed E-state index contributed by atoms with van der Waals surface area (Å²) in [6.45, 7) is 12.2. The van der Waals surface area contributed by atoms with Crippen molar-refractivity contribution >= 4 is 22.7 Å². The van der Waals surface area contributed by atoms with Crippen LogP contribution in [0.2, 0.25) is 0 Å². The van der Waals surface area contributed by atoms with Crippen LogP contribution < -0.4 is 5.32 Å². The molecule has 0 bridgehead atoms. The van der Waals surface area contributed by atoms with Gasteiger partial charge in [0.1, 0.15) is 0 Å². The molecule has 2 rings (SSSR count). The van der Waals surface area contributed by atoms with Gasteiger partial charge in [-0.2, -0.15) is 0 Å². The summed E-state index contributed by atoms with van der Waals surface area (Å²) in [6, 6.07) is 9.38. The molecular formula is C16H23NS2. The minimum atomic E-state index is 0.241. The number of nitrogens with one attached hydrogen (secondary N) is 1. The van der Waals surface area contributed by atoms with E-state index in [4.69, 9.17) is 0 Å². The second-order valence-electron chi connectivity index (χ2n) is 5.89. The minimum Gasteiger partial charge on any atom is -0.305 e. The number of rotatable bonds is 4.